The van der Waals surface area contributed by atoms with Gasteiger partial charge < -0.3 is 19.8 Å². The van der Waals surface area contributed by atoms with E-state index in [1.165, 1.54) is 0 Å². The zero-order chi connectivity index (χ0) is 13.5. The van der Waals surface area contributed by atoms with Gasteiger partial charge in [-0.15, -0.1) is 0 Å². The first-order valence-corrected chi connectivity index (χ1v) is 5.75. The monoisotopic (exact) mass is 253 g/mol. The summed E-state index contributed by atoms with van der Waals surface area (Å²) in [6, 6.07) is 7.22. The number of carbonyl (C=O) groups is 1. The second-order valence-electron chi connectivity index (χ2n) is 4.20. The summed E-state index contributed by atoms with van der Waals surface area (Å²) in [5.41, 5.74) is 0.761. The third-order valence-electron chi connectivity index (χ3n) is 2.67. The summed E-state index contributed by atoms with van der Waals surface area (Å²) in [6.07, 6.45) is -0.583. The highest BCUT2D eigenvalue weighted by molar-refractivity contribution is 5.66. The maximum absolute atomic E-state index is 10.4. The molecule has 1 aromatic rings. The van der Waals surface area contributed by atoms with Crippen molar-refractivity contribution in [2.24, 2.45) is 0 Å². The second kappa shape index (κ2) is 6.98. The van der Waals surface area contributed by atoms with Crippen LogP contribution in [0.15, 0.2) is 24.3 Å². The van der Waals surface area contributed by atoms with E-state index in [1.54, 1.807) is 25.1 Å². The number of carboxylic acids is 1. The summed E-state index contributed by atoms with van der Waals surface area (Å²) in [7, 11) is 3.36. The summed E-state index contributed by atoms with van der Waals surface area (Å²) in [5, 5.41) is 18.6. The van der Waals surface area contributed by atoms with Crippen molar-refractivity contribution in [1.29, 1.82) is 0 Å². The molecule has 1 atom stereocenters. The molecule has 0 amide bonds. The van der Waals surface area contributed by atoms with Gasteiger partial charge in [0.25, 0.3) is 0 Å². The topological polar surface area (TPSA) is 70.0 Å². The second-order valence-corrected chi connectivity index (χ2v) is 4.20. The molecule has 5 heteroatoms. The van der Waals surface area contributed by atoms with Gasteiger partial charge in [0.2, 0.25) is 0 Å². The Labute approximate surface area is 107 Å². The number of aliphatic hydroxyl groups excluding tert-OH is 1. The van der Waals surface area contributed by atoms with Crippen LogP contribution in [0.5, 0.6) is 5.75 Å². The van der Waals surface area contributed by atoms with E-state index in [-0.39, 0.29) is 6.42 Å². The average Bonchev–Trinajstić information content (AvgIpc) is 2.36. The van der Waals surface area contributed by atoms with E-state index in [0.29, 0.717) is 18.8 Å². The first kappa shape index (κ1) is 14.5. The minimum absolute atomic E-state index is 0.0708. The number of ether oxygens (including phenoxy) is 1. The molecule has 0 spiro atoms. The zero-order valence-electron chi connectivity index (χ0n) is 10.7. The number of aliphatic carboxylic acids is 1. The number of carboxylic acid groups (broad SMARTS) is 1. The van der Waals surface area contributed by atoms with Crippen molar-refractivity contribution in [3.8, 4) is 5.75 Å². The number of hydrogen-bond donors (Lipinski definition) is 2. The number of benzene rings is 1. The Hall–Kier alpha value is -1.59. The van der Waals surface area contributed by atoms with Crippen LogP contribution in [0, 0.1) is 0 Å². The molecule has 0 heterocycles. The van der Waals surface area contributed by atoms with Crippen LogP contribution in [0.3, 0.4) is 0 Å². The van der Waals surface area contributed by atoms with Crippen molar-refractivity contribution in [2.75, 3.05) is 27.2 Å². The van der Waals surface area contributed by atoms with E-state index in [1.807, 2.05) is 18.2 Å². The first-order chi connectivity index (χ1) is 8.52. The third kappa shape index (κ3) is 4.73. The Bertz CT molecular complexity index is 394. The van der Waals surface area contributed by atoms with Crippen molar-refractivity contribution in [3.05, 3.63) is 29.8 Å². The van der Waals surface area contributed by atoms with Crippen LogP contribution < -0.4 is 4.74 Å². The Kier molecular flexibility index (Phi) is 5.61. The Balaban J connectivity index is 2.53. The first-order valence-electron chi connectivity index (χ1n) is 5.75. The molecule has 0 saturated carbocycles. The van der Waals surface area contributed by atoms with Crippen molar-refractivity contribution in [3.63, 3.8) is 0 Å². The van der Waals surface area contributed by atoms with Crippen LogP contribution in [0.1, 0.15) is 18.1 Å². The molecule has 0 aliphatic rings. The summed E-state index contributed by atoms with van der Waals surface area (Å²) in [6.45, 7) is 0.802. The molecular weight excluding hydrogens is 234 g/mol. The number of aliphatic hydroxyl groups is 1. The summed E-state index contributed by atoms with van der Waals surface area (Å²) >= 11 is 0. The van der Waals surface area contributed by atoms with Gasteiger partial charge in [-0.1, -0.05) is 12.1 Å². The smallest absolute Gasteiger partial charge is 0.304 e. The predicted octanol–water partition coefficient (Wildman–Crippen LogP) is 1.14. The number of rotatable bonds is 7. The molecule has 1 unspecified atom stereocenters. The molecule has 0 aromatic heterocycles. The Morgan fingerprint density at radius 1 is 1.50 bits per heavy atom. The van der Waals surface area contributed by atoms with E-state index >= 15 is 0 Å². The third-order valence-corrected chi connectivity index (χ3v) is 2.67. The number of likely N-dealkylation sites (N-methyl/N-ethyl adjacent to an activating group) is 1. The molecule has 0 aliphatic carbocycles. The standard InChI is InChI=1S/C13H19NO4/c1-14(7-6-13(16)17)9-12(15)10-4-3-5-11(8-10)18-2/h3-5,8,12,15H,6-7,9H2,1-2H3,(H,16,17). The van der Waals surface area contributed by atoms with Crippen LogP contribution in [0.25, 0.3) is 0 Å². The van der Waals surface area contributed by atoms with Gasteiger partial charge in [0, 0.05) is 13.1 Å². The van der Waals surface area contributed by atoms with Gasteiger partial charge in [-0.3, -0.25) is 4.79 Å². The van der Waals surface area contributed by atoms with E-state index in [0.717, 1.165) is 5.56 Å². The fourth-order valence-corrected chi connectivity index (χ4v) is 1.63. The van der Waals surface area contributed by atoms with Gasteiger partial charge in [-0.05, 0) is 24.7 Å². The molecule has 100 valence electrons. The van der Waals surface area contributed by atoms with Crippen LogP contribution in [0.4, 0.5) is 0 Å². The molecule has 1 aromatic carbocycles. The molecule has 5 nitrogen and oxygen atoms in total. The van der Waals surface area contributed by atoms with Crippen molar-refractivity contribution in [2.45, 2.75) is 12.5 Å². The van der Waals surface area contributed by atoms with Gasteiger partial charge in [0.15, 0.2) is 0 Å². The van der Waals surface area contributed by atoms with Crippen molar-refractivity contribution >= 4 is 5.97 Å². The molecule has 0 aliphatic heterocycles. The Morgan fingerprint density at radius 3 is 2.83 bits per heavy atom. The predicted molar refractivity (Wildman–Crippen MR) is 67.7 cm³/mol. The van der Waals surface area contributed by atoms with Gasteiger partial charge in [-0.25, -0.2) is 0 Å². The molecule has 0 saturated heterocycles. The van der Waals surface area contributed by atoms with Gasteiger partial charge in [0.05, 0.1) is 19.6 Å². The van der Waals surface area contributed by atoms with E-state index in [9.17, 15) is 9.90 Å². The molecule has 18 heavy (non-hydrogen) atoms. The van der Waals surface area contributed by atoms with Crippen molar-refractivity contribution < 1.29 is 19.7 Å². The number of methoxy groups -OCH3 is 1. The van der Waals surface area contributed by atoms with Gasteiger partial charge in [0.1, 0.15) is 5.75 Å². The normalized spacial score (nSPS) is 12.4. The van der Waals surface area contributed by atoms with Crippen LogP contribution in [-0.2, 0) is 4.79 Å². The zero-order valence-corrected chi connectivity index (χ0v) is 10.7. The van der Waals surface area contributed by atoms with Crippen LogP contribution >= 0.6 is 0 Å². The molecule has 1 rings (SSSR count). The lowest BCUT2D eigenvalue weighted by Gasteiger charge is -2.20. The summed E-state index contributed by atoms with van der Waals surface area (Å²) in [4.78, 5) is 12.2. The van der Waals surface area contributed by atoms with E-state index in [4.69, 9.17) is 9.84 Å². The number of nitrogens with zero attached hydrogens (tertiary/aromatic N) is 1. The molecule has 0 radical (unpaired) electrons. The van der Waals surface area contributed by atoms with Crippen molar-refractivity contribution in [1.82, 2.24) is 4.90 Å². The average molecular weight is 253 g/mol. The van der Waals surface area contributed by atoms with E-state index < -0.39 is 12.1 Å². The maximum atomic E-state index is 10.4. The fourth-order valence-electron chi connectivity index (χ4n) is 1.63. The minimum Gasteiger partial charge on any atom is -0.497 e. The highest BCUT2D eigenvalue weighted by Crippen LogP contribution is 2.19. The fraction of sp³-hybridized carbons (Fsp3) is 0.462. The van der Waals surface area contributed by atoms with Gasteiger partial charge >= 0.3 is 5.97 Å². The Morgan fingerprint density at radius 2 is 2.22 bits per heavy atom. The highest BCUT2D eigenvalue weighted by Gasteiger charge is 2.12. The maximum Gasteiger partial charge on any atom is 0.304 e. The minimum atomic E-state index is -0.835. The molecule has 0 bridgehead atoms. The molecule has 2 N–H and O–H groups in total. The van der Waals surface area contributed by atoms with Crippen LogP contribution in [-0.4, -0.2) is 48.3 Å². The lowest BCUT2D eigenvalue weighted by molar-refractivity contribution is -0.137. The van der Waals surface area contributed by atoms with Crippen LogP contribution in [0.2, 0.25) is 0 Å². The summed E-state index contributed by atoms with van der Waals surface area (Å²) in [5.74, 6) is -0.141. The van der Waals surface area contributed by atoms with E-state index in [2.05, 4.69) is 0 Å². The number of hydrogen-bond acceptors (Lipinski definition) is 4. The molecular formula is C13H19NO4. The SMILES string of the molecule is COc1cccc(C(O)CN(C)CCC(=O)O)c1. The quantitative estimate of drug-likeness (QED) is 0.762. The van der Waals surface area contributed by atoms with Gasteiger partial charge in [-0.2, -0.15) is 0 Å². The summed E-state index contributed by atoms with van der Waals surface area (Å²) < 4.78 is 5.09. The lowest BCUT2D eigenvalue weighted by atomic mass is 10.1. The highest BCUT2D eigenvalue weighted by atomic mass is 16.5. The molecule has 0 fully saturated rings. The lowest BCUT2D eigenvalue weighted by Crippen LogP contribution is -2.27. The largest absolute Gasteiger partial charge is 0.497 e.